The quantitative estimate of drug-likeness (QED) is 0.477. The Morgan fingerprint density at radius 2 is 1.82 bits per heavy atom. The summed E-state index contributed by atoms with van der Waals surface area (Å²) in [4.78, 5) is 13.9. The molecule has 3 aromatic rings. The Kier molecular flexibility index (Phi) is 5.40. The average Bonchev–Trinajstić information content (AvgIpc) is 3.17. The van der Waals surface area contributed by atoms with Crippen molar-refractivity contribution in [2.45, 2.75) is 44.2 Å². The van der Waals surface area contributed by atoms with E-state index in [0.29, 0.717) is 5.92 Å². The van der Waals surface area contributed by atoms with Crippen LogP contribution in [0.25, 0.3) is 10.8 Å². The van der Waals surface area contributed by atoms with E-state index in [0.717, 1.165) is 40.1 Å². The molecule has 1 aliphatic rings. The molecule has 1 fully saturated rings. The van der Waals surface area contributed by atoms with Crippen molar-refractivity contribution in [1.82, 2.24) is 4.90 Å². The Balaban J connectivity index is 1.62. The molecule has 3 nitrogen and oxygen atoms in total. The third-order valence-corrected chi connectivity index (χ3v) is 6.52. The van der Waals surface area contributed by atoms with Gasteiger partial charge in [-0.05, 0) is 66.1 Å². The van der Waals surface area contributed by atoms with Gasteiger partial charge in [-0.25, -0.2) is 4.79 Å². The number of benzene rings is 3. The van der Waals surface area contributed by atoms with E-state index >= 15 is 0 Å². The maximum atomic E-state index is 12.3. The van der Waals surface area contributed by atoms with Crippen LogP contribution in [-0.4, -0.2) is 22.1 Å². The Morgan fingerprint density at radius 3 is 2.61 bits per heavy atom. The van der Waals surface area contributed by atoms with Gasteiger partial charge >= 0.3 is 6.09 Å². The van der Waals surface area contributed by atoms with Crippen molar-refractivity contribution in [3.63, 3.8) is 0 Å². The molecule has 0 heterocycles. The molecule has 1 aliphatic carbocycles. The van der Waals surface area contributed by atoms with E-state index < -0.39 is 6.09 Å². The van der Waals surface area contributed by atoms with Gasteiger partial charge in [0.05, 0.1) is 6.04 Å². The molecule has 3 atom stereocenters. The zero-order chi connectivity index (χ0) is 19.7. The van der Waals surface area contributed by atoms with Gasteiger partial charge < -0.3 is 5.11 Å². The van der Waals surface area contributed by atoms with E-state index in [1.165, 1.54) is 5.56 Å². The highest BCUT2D eigenvalue weighted by Gasteiger charge is 2.36. The summed E-state index contributed by atoms with van der Waals surface area (Å²) in [7, 11) is 0. The van der Waals surface area contributed by atoms with Crippen molar-refractivity contribution in [3.05, 3.63) is 82.3 Å². The normalized spacial score (nSPS) is 20.2. The van der Waals surface area contributed by atoms with Crippen LogP contribution in [0.4, 0.5) is 4.79 Å². The lowest BCUT2D eigenvalue weighted by atomic mass is 9.96. The average molecular weight is 438 g/mol. The van der Waals surface area contributed by atoms with E-state index in [2.05, 4.69) is 58.4 Å². The minimum absolute atomic E-state index is 0.0375. The summed E-state index contributed by atoms with van der Waals surface area (Å²) in [5, 5.41) is 12.3. The molecule has 4 heteroatoms. The summed E-state index contributed by atoms with van der Waals surface area (Å²) < 4.78 is 1.08. The molecule has 1 N–H and O–H groups in total. The van der Waals surface area contributed by atoms with Gasteiger partial charge in [0.1, 0.15) is 0 Å². The number of fused-ring (bicyclic) bond motifs is 1. The number of nitrogens with zero attached hydrogens (tertiary/aromatic N) is 1. The number of hydrogen-bond acceptors (Lipinski definition) is 1. The van der Waals surface area contributed by atoms with Crippen LogP contribution in [0.5, 0.6) is 0 Å². The minimum Gasteiger partial charge on any atom is -0.465 e. The number of carbonyl (C=O) groups is 1. The van der Waals surface area contributed by atoms with Crippen LogP contribution in [-0.2, 0) is 0 Å². The summed E-state index contributed by atoms with van der Waals surface area (Å²) in [6, 6.07) is 22.6. The van der Waals surface area contributed by atoms with Crippen molar-refractivity contribution in [2.24, 2.45) is 0 Å². The molecule has 0 aromatic heterocycles. The van der Waals surface area contributed by atoms with Crippen LogP contribution in [0.15, 0.2) is 71.2 Å². The van der Waals surface area contributed by atoms with Gasteiger partial charge in [-0.2, -0.15) is 0 Å². The zero-order valence-electron chi connectivity index (χ0n) is 15.9. The Labute approximate surface area is 174 Å². The van der Waals surface area contributed by atoms with Crippen LogP contribution in [0.3, 0.4) is 0 Å². The number of hydrogen-bond donors (Lipinski definition) is 1. The molecule has 144 valence electrons. The van der Waals surface area contributed by atoms with E-state index in [1.807, 2.05) is 31.2 Å². The van der Waals surface area contributed by atoms with E-state index in [1.54, 1.807) is 4.90 Å². The summed E-state index contributed by atoms with van der Waals surface area (Å²) in [5.41, 5.74) is 2.37. The number of amides is 1. The molecule has 0 saturated heterocycles. The van der Waals surface area contributed by atoms with Crippen LogP contribution in [0.2, 0.25) is 0 Å². The largest absolute Gasteiger partial charge is 0.465 e. The van der Waals surface area contributed by atoms with Gasteiger partial charge in [-0.15, -0.1) is 0 Å². The molecule has 28 heavy (non-hydrogen) atoms. The van der Waals surface area contributed by atoms with Crippen molar-refractivity contribution < 1.29 is 9.90 Å². The Bertz CT molecular complexity index is 997. The fraction of sp³-hybridized carbons (Fsp3) is 0.292. The van der Waals surface area contributed by atoms with Gasteiger partial charge in [0.15, 0.2) is 0 Å². The third kappa shape index (κ3) is 3.66. The molecule has 1 amide bonds. The molecule has 0 bridgehead atoms. The molecule has 1 saturated carbocycles. The number of carboxylic acid groups (broad SMARTS) is 1. The summed E-state index contributed by atoms with van der Waals surface area (Å²) >= 11 is 3.55. The third-order valence-electron chi connectivity index (χ3n) is 6.03. The maximum Gasteiger partial charge on any atom is 0.408 e. The molecule has 0 unspecified atom stereocenters. The van der Waals surface area contributed by atoms with Crippen molar-refractivity contribution in [2.75, 3.05) is 0 Å². The monoisotopic (exact) mass is 437 g/mol. The fourth-order valence-corrected chi connectivity index (χ4v) is 5.09. The topological polar surface area (TPSA) is 40.5 Å². The molecule has 0 spiro atoms. The highest BCUT2D eigenvalue weighted by Crippen LogP contribution is 2.41. The molecular formula is C24H24BrNO2. The predicted molar refractivity (Wildman–Crippen MR) is 117 cm³/mol. The van der Waals surface area contributed by atoms with Gasteiger partial charge in [0.25, 0.3) is 0 Å². The van der Waals surface area contributed by atoms with Crippen LogP contribution < -0.4 is 0 Å². The lowest BCUT2D eigenvalue weighted by Crippen LogP contribution is -2.40. The number of halogens is 1. The Hall–Kier alpha value is -2.33. The second-order valence-electron chi connectivity index (χ2n) is 7.65. The first-order valence-corrected chi connectivity index (χ1v) is 10.6. The summed E-state index contributed by atoms with van der Waals surface area (Å²) in [6.07, 6.45) is 1.96. The molecular weight excluding hydrogens is 414 g/mol. The van der Waals surface area contributed by atoms with E-state index in [-0.39, 0.29) is 12.1 Å². The van der Waals surface area contributed by atoms with Crippen molar-refractivity contribution in [1.29, 1.82) is 0 Å². The lowest BCUT2D eigenvalue weighted by Gasteiger charge is -2.33. The Morgan fingerprint density at radius 1 is 1.07 bits per heavy atom. The summed E-state index contributed by atoms with van der Waals surface area (Å²) in [5.74, 6) is 0.407. The zero-order valence-corrected chi connectivity index (χ0v) is 17.5. The minimum atomic E-state index is -0.833. The molecule has 0 radical (unpaired) electrons. The standard InChI is InChI=1S/C24H24BrNO2/c1-16(22-11-5-7-17-6-2-3-10-23(17)22)26(24(27)28)21-13-12-19(15-21)18-8-4-9-20(25)14-18/h2-11,14,16,19,21H,12-13,15H2,1H3,(H,27,28)/t16-,19-,21+/m1/s1. The highest BCUT2D eigenvalue weighted by atomic mass is 79.9. The first-order chi connectivity index (χ1) is 13.5. The van der Waals surface area contributed by atoms with Crippen LogP contribution >= 0.6 is 15.9 Å². The second kappa shape index (κ2) is 7.96. The van der Waals surface area contributed by atoms with Gasteiger partial charge in [0, 0.05) is 10.5 Å². The molecule has 3 aromatic carbocycles. The summed E-state index contributed by atoms with van der Waals surface area (Å²) in [6.45, 7) is 2.02. The second-order valence-corrected chi connectivity index (χ2v) is 8.57. The van der Waals surface area contributed by atoms with Gasteiger partial charge in [0.2, 0.25) is 0 Å². The first kappa shape index (κ1) is 19.0. The van der Waals surface area contributed by atoms with Crippen LogP contribution in [0.1, 0.15) is 49.3 Å². The smallest absolute Gasteiger partial charge is 0.408 e. The molecule has 0 aliphatic heterocycles. The van der Waals surface area contributed by atoms with Gasteiger partial charge in [-0.1, -0.05) is 70.5 Å². The maximum absolute atomic E-state index is 12.3. The fourth-order valence-electron chi connectivity index (χ4n) is 4.68. The van der Waals surface area contributed by atoms with E-state index in [9.17, 15) is 9.90 Å². The highest BCUT2D eigenvalue weighted by molar-refractivity contribution is 9.10. The predicted octanol–water partition coefficient (Wildman–Crippen LogP) is 6.98. The lowest BCUT2D eigenvalue weighted by molar-refractivity contribution is 0.103. The first-order valence-electron chi connectivity index (χ1n) is 9.79. The molecule has 4 rings (SSSR count). The van der Waals surface area contributed by atoms with Crippen molar-refractivity contribution >= 4 is 32.8 Å². The number of rotatable bonds is 4. The van der Waals surface area contributed by atoms with E-state index in [4.69, 9.17) is 0 Å². The van der Waals surface area contributed by atoms with Crippen LogP contribution in [0, 0.1) is 0 Å². The SMILES string of the molecule is C[C@H](c1cccc2ccccc12)N(C(=O)O)[C@H]1CC[C@@H](c2cccc(Br)c2)C1. The van der Waals surface area contributed by atoms with Crippen molar-refractivity contribution in [3.8, 4) is 0 Å². The van der Waals surface area contributed by atoms with Gasteiger partial charge in [-0.3, -0.25) is 4.90 Å².